The van der Waals surface area contributed by atoms with Crippen LogP contribution >= 0.6 is 11.8 Å². The summed E-state index contributed by atoms with van der Waals surface area (Å²) in [5.74, 6) is 0.686. The van der Waals surface area contributed by atoms with Crippen LogP contribution in [0.15, 0.2) is 30.3 Å². The highest BCUT2D eigenvalue weighted by atomic mass is 32.2. The summed E-state index contributed by atoms with van der Waals surface area (Å²) in [6.07, 6.45) is 1.92. The summed E-state index contributed by atoms with van der Waals surface area (Å²) < 4.78 is 0. The fraction of sp³-hybridized carbons (Fsp3) is 0.467. The van der Waals surface area contributed by atoms with E-state index in [2.05, 4.69) is 5.32 Å². The van der Waals surface area contributed by atoms with Crippen molar-refractivity contribution in [2.45, 2.75) is 25.3 Å². The molecule has 2 atom stereocenters. The van der Waals surface area contributed by atoms with Gasteiger partial charge in [-0.05, 0) is 30.6 Å². The molecule has 5 heteroatoms. The molecule has 1 aliphatic rings. The molecule has 1 aliphatic heterocycles. The highest BCUT2D eigenvalue weighted by molar-refractivity contribution is 7.99. The highest BCUT2D eigenvalue weighted by Gasteiger charge is 2.27. The van der Waals surface area contributed by atoms with Crippen LogP contribution in [0.25, 0.3) is 0 Å². The number of aryl methyl sites for hydroxylation is 1. The van der Waals surface area contributed by atoms with Crippen molar-refractivity contribution < 1.29 is 14.7 Å². The Bertz CT molecular complexity index is 457. The van der Waals surface area contributed by atoms with Gasteiger partial charge < -0.3 is 10.4 Å². The second-order valence-electron chi connectivity index (χ2n) is 4.98. The van der Waals surface area contributed by atoms with Gasteiger partial charge in [0, 0.05) is 11.7 Å². The van der Waals surface area contributed by atoms with E-state index in [-0.39, 0.29) is 11.8 Å². The van der Waals surface area contributed by atoms with Gasteiger partial charge in [0.1, 0.15) is 6.04 Å². The van der Waals surface area contributed by atoms with Crippen LogP contribution in [0.3, 0.4) is 0 Å². The summed E-state index contributed by atoms with van der Waals surface area (Å²) in [6.45, 7) is 0. The van der Waals surface area contributed by atoms with Gasteiger partial charge in [-0.1, -0.05) is 30.3 Å². The van der Waals surface area contributed by atoms with E-state index in [1.807, 2.05) is 30.3 Å². The Morgan fingerprint density at radius 1 is 1.35 bits per heavy atom. The number of thioether (sulfide) groups is 1. The van der Waals surface area contributed by atoms with Crippen molar-refractivity contribution in [3.63, 3.8) is 0 Å². The number of carboxylic acids is 1. The van der Waals surface area contributed by atoms with Gasteiger partial charge in [-0.15, -0.1) is 0 Å². The van der Waals surface area contributed by atoms with Crippen molar-refractivity contribution in [3.8, 4) is 0 Å². The van der Waals surface area contributed by atoms with Gasteiger partial charge in [-0.2, -0.15) is 11.8 Å². The molecule has 0 saturated carbocycles. The van der Waals surface area contributed by atoms with Gasteiger partial charge in [0.15, 0.2) is 0 Å². The van der Waals surface area contributed by atoms with E-state index in [0.717, 1.165) is 23.5 Å². The topological polar surface area (TPSA) is 66.4 Å². The van der Waals surface area contributed by atoms with Crippen molar-refractivity contribution in [3.05, 3.63) is 35.9 Å². The first kappa shape index (κ1) is 14.9. The zero-order valence-corrected chi connectivity index (χ0v) is 12.1. The predicted molar refractivity (Wildman–Crippen MR) is 79.8 cm³/mol. The zero-order valence-electron chi connectivity index (χ0n) is 11.2. The molecule has 1 fully saturated rings. The van der Waals surface area contributed by atoms with E-state index in [1.165, 1.54) is 0 Å². The first-order chi connectivity index (χ1) is 9.66. The highest BCUT2D eigenvalue weighted by Crippen LogP contribution is 2.23. The second kappa shape index (κ2) is 7.33. The molecule has 108 valence electrons. The molecular weight excluding hydrogens is 274 g/mol. The van der Waals surface area contributed by atoms with Crippen molar-refractivity contribution in [1.82, 2.24) is 5.32 Å². The summed E-state index contributed by atoms with van der Waals surface area (Å²) in [7, 11) is 0. The van der Waals surface area contributed by atoms with Crippen LogP contribution in [0.5, 0.6) is 0 Å². The monoisotopic (exact) mass is 293 g/mol. The minimum absolute atomic E-state index is 0.0291. The van der Waals surface area contributed by atoms with Gasteiger partial charge >= 0.3 is 5.97 Å². The number of hydrogen-bond acceptors (Lipinski definition) is 3. The van der Waals surface area contributed by atoms with Crippen molar-refractivity contribution in [2.75, 3.05) is 11.5 Å². The van der Waals surface area contributed by atoms with E-state index < -0.39 is 12.0 Å². The Kier molecular flexibility index (Phi) is 5.47. The van der Waals surface area contributed by atoms with Crippen LogP contribution < -0.4 is 5.32 Å². The predicted octanol–water partition coefficient (Wildman–Crippen LogP) is 1.94. The Hall–Kier alpha value is -1.49. The zero-order chi connectivity index (χ0) is 14.4. The molecule has 0 radical (unpaired) electrons. The summed E-state index contributed by atoms with van der Waals surface area (Å²) in [4.78, 5) is 23.2. The van der Waals surface area contributed by atoms with Gasteiger partial charge in [0.25, 0.3) is 0 Å². The largest absolute Gasteiger partial charge is 0.480 e. The molecule has 0 spiro atoms. The third-order valence-corrected chi connectivity index (χ3v) is 4.64. The van der Waals surface area contributed by atoms with Gasteiger partial charge in [0.2, 0.25) is 5.91 Å². The van der Waals surface area contributed by atoms with Crippen molar-refractivity contribution in [1.29, 1.82) is 0 Å². The molecule has 1 unspecified atom stereocenters. The van der Waals surface area contributed by atoms with Crippen molar-refractivity contribution >= 4 is 23.6 Å². The van der Waals surface area contributed by atoms with Crippen LogP contribution in [0, 0.1) is 5.92 Å². The lowest BCUT2D eigenvalue weighted by molar-refractivity contribution is -0.142. The minimum Gasteiger partial charge on any atom is -0.480 e. The fourth-order valence-corrected chi connectivity index (χ4v) is 3.46. The molecule has 1 amide bonds. The van der Waals surface area contributed by atoms with E-state index >= 15 is 0 Å². The number of aliphatic carboxylic acids is 1. The SMILES string of the molecule is O=C(N[C@@H](CCc1ccccc1)C(=O)O)C1CCSC1. The van der Waals surface area contributed by atoms with Gasteiger partial charge in [-0.3, -0.25) is 4.79 Å². The van der Waals surface area contributed by atoms with Crippen molar-refractivity contribution in [2.24, 2.45) is 5.92 Å². The van der Waals surface area contributed by atoms with E-state index in [1.54, 1.807) is 11.8 Å². The quantitative estimate of drug-likeness (QED) is 0.841. The van der Waals surface area contributed by atoms with E-state index in [0.29, 0.717) is 12.8 Å². The average molecular weight is 293 g/mol. The number of benzene rings is 1. The number of carbonyl (C=O) groups excluding carboxylic acids is 1. The number of carboxylic acid groups (broad SMARTS) is 1. The first-order valence-electron chi connectivity index (χ1n) is 6.81. The summed E-state index contributed by atoms with van der Waals surface area (Å²) in [6, 6.07) is 8.92. The third-order valence-electron chi connectivity index (χ3n) is 3.48. The Morgan fingerprint density at radius 3 is 2.70 bits per heavy atom. The Labute approximate surface area is 123 Å². The van der Waals surface area contributed by atoms with E-state index in [4.69, 9.17) is 0 Å². The Balaban J connectivity index is 1.87. The number of rotatable bonds is 6. The standard InChI is InChI=1S/C15H19NO3S/c17-14(12-8-9-20-10-12)16-13(15(18)19)7-6-11-4-2-1-3-5-11/h1-5,12-13H,6-10H2,(H,16,17)(H,18,19)/t12?,13-/m0/s1. The Morgan fingerprint density at radius 2 is 2.10 bits per heavy atom. The van der Waals surface area contributed by atoms with Crippen LogP contribution in [0.1, 0.15) is 18.4 Å². The van der Waals surface area contributed by atoms with Gasteiger partial charge in [0.05, 0.1) is 0 Å². The fourth-order valence-electron chi connectivity index (χ4n) is 2.24. The molecule has 0 aromatic heterocycles. The molecule has 0 bridgehead atoms. The first-order valence-corrected chi connectivity index (χ1v) is 7.97. The summed E-state index contributed by atoms with van der Waals surface area (Å²) in [5, 5.41) is 11.9. The van der Waals surface area contributed by atoms with Crippen LogP contribution in [0.2, 0.25) is 0 Å². The minimum atomic E-state index is -0.958. The maximum atomic E-state index is 12.0. The van der Waals surface area contributed by atoms with E-state index in [9.17, 15) is 14.7 Å². The third kappa shape index (κ3) is 4.27. The number of carbonyl (C=O) groups is 2. The average Bonchev–Trinajstić information content (AvgIpc) is 2.98. The molecule has 2 rings (SSSR count). The smallest absolute Gasteiger partial charge is 0.326 e. The maximum Gasteiger partial charge on any atom is 0.326 e. The molecule has 20 heavy (non-hydrogen) atoms. The number of hydrogen-bond donors (Lipinski definition) is 2. The molecule has 1 saturated heterocycles. The normalized spacial score (nSPS) is 19.5. The molecule has 1 aromatic rings. The molecular formula is C15H19NO3S. The second-order valence-corrected chi connectivity index (χ2v) is 6.13. The number of amides is 1. The molecule has 1 heterocycles. The lowest BCUT2D eigenvalue weighted by Gasteiger charge is -2.17. The molecule has 0 aliphatic carbocycles. The van der Waals surface area contributed by atoms with Gasteiger partial charge in [-0.25, -0.2) is 4.79 Å². The van der Waals surface area contributed by atoms with Crippen LogP contribution in [-0.4, -0.2) is 34.5 Å². The lowest BCUT2D eigenvalue weighted by Crippen LogP contribution is -2.44. The summed E-state index contributed by atoms with van der Waals surface area (Å²) >= 11 is 1.75. The lowest BCUT2D eigenvalue weighted by atomic mass is 10.0. The maximum absolute atomic E-state index is 12.0. The summed E-state index contributed by atoms with van der Waals surface area (Å²) in [5.41, 5.74) is 1.09. The molecule has 1 aromatic carbocycles. The molecule has 4 nitrogen and oxygen atoms in total. The van der Waals surface area contributed by atoms with Crippen LogP contribution in [0.4, 0.5) is 0 Å². The number of nitrogens with one attached hydrogen (secondary N) is 1. The molecule has 2 N–H and O–H groups in total. The van der Waals surface area contributed by atoms with Crippen LogP contribution in [-0.2, 0) is 16.0 Å².